The van der Waals surface area contributed by atoms with Gasteiger partial charge in [-0.2, -0.15) is 0 Å². The first-order valence-electron chi connectivity index (χ1n) is 9.41. The van der Waals surface area contributed by atoms with Crippen LogP contribution in [0.25, 0.3) is 0 Å². The van der Waals surface area contributed by atoms with Gasteiger partial charge in [-0.15, -0.1) is 0 Å². The molecule has 0 radical (unpaired) electrons. The van der Waals surface area contributed by atoms with Gasteiger partial charge >= 0.3 is 0 Å². The standard InChI is InChI=1S/C23H24N2O3S/c1-3-29(27,28)25-21-11-7-10-20(16-21)23(26)24-22(18-8-5-4-6-9-18)19-14-12-17(2)13-15-19/h4-16,22,25H,3H2,1-2H3,(H,24,26)/t22-/m1/s1. The van der Waals surface area contributed by atoms with Gasteiger partial charge < -0.3 is 5.32 Å². The Bertz CT molecular complexity index is 1080. The van der Waals surface area contributed by atoms with Crippen LogP contribution in [-0.2, 0) is 10.0 Å². The molecule has 5 nitrogen and oxygen atoms in total. The van der Waals surface area contributed by atoms with Gasteiger partial charge in [0.25, 0.3) is 5.91 Å². The van der Waals surface area contributed by atoms with Crippen molar-refractivity contribution in [3.8, 4) is 0 Å². The summed E-state index contributed by atoms with van der Waals surface area (Å²) in [6.07, 6.45) is 0. The number of rotatable bonds is 7. The third-order valence-electron chi connectivity index (χ3n) is 4.60. The molecule has 0 saturated heterocycles. The van der Waals surface area contributed by atoms with E-state index >= 15 is 0 Å². The van der Waals surface area contributed by atoms with Gasteiger partial charge in [-0.05, 0) is 43.2 Å². The van der Waals surface area contributed by atoms with Gasteiger partial charge in [-0.1, -0.05) is 66.2 Å². The Hall–Kier alpha value is -3.12. The molecule has 0 spiro atoms. The van der Waals surface area contributed by atoms with Gasteiger partial charge in [0.1, 0.15) is 0 Å². The van der Waals surface area contributed by atoms with Gasteiger partial charge in [-0.3, -0.25) is 9.52 Å². The number of amides is 1. The number of nitrogens with one attached hydrogen (secondary N) is 2. The van der Waals surface area contributed by atoms with Crippen molar-refractivity contribution < 1.29 is 13.2 Å². The molecular weight excluding hydrogens is 384 g/mol. The van der Waals surface area contributed by atoms with Crippen molar-refractivity contribution in [2.75, 3.05) is 10.5 Å². The lowest BCUT2D eigenvalue weighted by Gasteiger charge is -2.20. The monoisotopic (exact) mass is 408 g/mol. The molecule has 29 heavy (non-hydrogen) atoms. The van der Waals surface area contributed by atoms with Crippen LogP contribution >= 0.6 is 0 Å². The molecule has 1 atom stereocenters. The molecule has 1 amide bonds. The van der Waals surface area contributed by atoms with E-state index in [-0.39, 0.29) is 17.7 Å². The summed E-state index contributed by atoms with van der Waals surface area (Å²) >= 11 is 0. The van der Waals surface area contributed by atoms with Gasteiger partial charge in [0.15, 0.2) is 0 Å². The van der Waals surface area contributed by atoms with Crippen molar-refractivity contribution >= 4 is 21.6 Å². The highest BCUT2D eigenvalue weighted by Gasteiger charge is 2.18. The molecular formula is C23H24N2O3S. The second kappa shape index (κ2) is 8.92. The minimum Gasteiger partial charge on any atom is -0.341 e. The maximum atomic E-state index is 13.0. The fraction of sp³-hybridized carbons (Fsp3) is 0.174. The molecule has 150 valence electrons. The van der Waals surface area contributed by atoms with Crippen molar-refractivity contribution in [3.05, 3.63) is 101 Å². The van der Waals surface area contributed by atoms with Crippen LogP contribution in [0.3, 0.4) is 0 Å². The van der Waals surface area contributed by atoms with Crippen molar-refractivity contribution in [2.45, 2.75) is 19.9 Å². The molecule has 0 bridgehead atoms. The minimum absolute atomic E-state index is 0.0348. The van der Waals surface area contributed by atoms with Gasteiger partial charge in [0.05, 0.1) is 11.8 Å². The fourth-order valence-electron chi connectivity index (χ4n) is 2.95. The zero-order valence-electron chi connectivity index (χ0n) is 16.4. The summed E-state index contributed by atoms with van der Waals surface area (Å²) in [6, 6.07) is 23.9. The van der Waals surface area contributed by atoms with Gasteiger partial charge in [0.2, 0.25) is 10.0 Å². The summed E-state index contributed by atoms with van der Waals surface area (Å²) in [4.78, 5) is 13.0. The maximum Gasteiger partial charge on any atom is 0.252 e. The Balaban J connectivity index is 1.88. The smallest absolute Gasteiger partial charge is 0.252 e. The van der Waals surface area contributed by atoms with E-state index in [0.29, 0.717) is 11.3 Å². The van der Waals surface area contributed by atoms with Crippen molar-refractivity contribution in [2.24, 2.45) is 0 Å². The average Bonchev–Trinajstić information content (AvgIpc) is 2.73. The number of hydrogen-bond acceptors (Lipinski definition) is 3. The van der Waals surface area contributed by atoms with Crippen molar-refractivity contribution in [1.82, 2.24) is 5.32 Å². The van der Waals surface area contributed by atoms with Crippen LogP contribution in [-0.4, -0.2) is 20.1 Å². The summed E-state index contributed by atoms with van der Waals surface area (Å²) in [5.41, 5.74) is 3.83. The summed E-state index contributed by atoms with van der Waals surface area (Å²) in [5, 5.41) is 3.07. The zero-order chi connectivity index (χ0) is 20.9. The lowest BCUT2D eigenvalue weighted by molar-refractivity contribution is 0.0943. The maximum absolute atomic E-state index is 13.0. The molecule has 0 aromatic heterocycles. The average molecular weight is 409 g/mol. The predicted molar refractivity (Wildman–Crippen MR) is 116 cm³/mol. The van der Waals surface area contributed by atoms with E-state index in [1.165, 1.54) is 0 Å². The number of aryl methyl sites for hydroxylation is 1. The molecule has 2 N–H and O–H groups in total. The number of benzene rings is 3. The van der Waals surface area contributed by atoms with Crippen LogP contribution in [0.2, 0.25) is 0 Å². The highest BCUT2D eigenvalue weighted by molar-refractivity contribution is 7.92. The van der Waals surface area contributed by atoms with Gasteiger partial charge in [0, 0.05) is 11.3 Å². The van der Waals surface area contributed by atoms with Crippen LogP contribution in [0, 0.1) is 6.92 Å². The number of carbonyl (C=O) groups excluding carboxylic acids is 1. The lowest BCUT2D eigenvalue weighted by atomic mass is 9.97. The molecule has 3 aromatic rings. The topological polar surface area (TPSA) is 75.3 Å². The molecule has 0 fully saturated rings. The quantitative estimate of drug-likeness (QED) is 0.613. The SMILES string of the molecule is CCS(=O)(=O)Nc1cccc(C(=O)N[C@H](c2ccccc2)c2ccc(C)cc2)c1. The highest BCUT2D eigenvalue weighted by atomic mass is 32.2. The Morgan fingerprint density at radius 2 is 1.55 bits per heavy atom. The summed E-state index contributed by atoms with van der Waals surface area (Å²) in [7, 11) is -3.41. The third-order valence-corrected chi connectivity index (χ3v) is 5.90. The first kappa shape index (κ1) is 20.6. The largest absolute Gasteiger partial charge is 0.341 e. The second-order valence-electron chi connectivity index (χ2n) is 6.81. The summed E-state index contributed by atoms with van der Waals surface area (Å²) < 4.78 is 26.1. The van der Waals surface area contributed by atoms with E-state index in [4.69, 9.17) is 0 Å². The van der Waals surface area contributed by atoms with Crippen molar-refractivity contribution in [3.63, 3.8) is 0 Å². The van der Waals surface area contributed by atoms with E-state index in [9.17, 15) is 13.2 Å². The zero-order valence-corrected chi connectivity index (χ0v) is 17.2. The first-order chi connectivity index (χ1) is 13.9. The second-order valence-corrected chi connectivity index (χ2v) is 8.83. The molecule has 0 aliphatic carbocycles. The molecule has 6 heteroatoms. The van der Waals surface area contributed by atoms with Gasteiger partial charge in [-0.25, -0.2) is 8.42 Å². The first-order valence-corrected chi connectivity index (χ1v) is 11.1. The Kier molecular flexibility index (Phi) is 6.34. The number of anilines is 1. The Morgan fingerprint density at radius 1 is 0.897 bits per heavy atom. The third kappa shape index (κ3) is 5.45. The summed E-state index contributed by atoms with van der Waals surface area (Å²) in [5.74, 6) is -0.315. The van der Waals surface area contributed by atoms with E-state index < -0.39 is 10.0 Å². The fourth-order valence-corrected chi connectivity index (χ4v) is 3.58. The van der Waals surface area contributed by atoms with Crippen LogP contribution in [0.1, 0.15) is 40.0 Å². The van der Waals surface area contributed by atoms with Crippen LogP contribution in [0.5, 0.6) is 0 Å². The molecule has 0 heterocycles. The molecule has 3 aromatic carbocycles. The number of sulfonamides is 1. The van der Waals surface area contributed by atoms with E-state index in [1.807, 2.05) is 61.5 Å². The number of hydrogen-bond donors (Lipinski definition) is 2. The number of carbonyl (C=O) groups is 1. The molecule has 0 aliphatic heterocycles. The molecule has 3 rings (SSSR count). The summed E-state index contributed by atoms with van der Waals surface area (Å²) in [6.45, 7) is 3.58. The van der Waals surface area contributed by atoms with E-state index in [2.05, 4.69) is 10.0 Å². The Labute approximate surface area is 171 Å². The van der Waals surface area contributed by atoms with Crippen LogP contribution < -0.4 is 10.0 Å². The van der Waals surface area contributed by atoms with Crippen LogP contribution in [0.15, 0.2) is 78.9 Å². The minimum atomic E-state index is -3.41. The molecule has 0 unspecified atom stereocenters. The molecule has 0 aliphatic rings. The molecule has 0 saturated carbocycles. The van der Waals surface area contributed by atoms with E-state index in [1.54, 1.807) is 31.2 Å². The highest BCUT2D eigenvalue weighted by Crippen LogP contribution is 2.23. The normalized spacial score (nSPS) is 12.2. The van der Waals surface area contributed by atoms with Crippen molar-refractivity contribution in [1.29, 1.82) is 0 Å². The van der Waals surface area contributed by atoms with Crippen LogP contribution in [0.4, 0.5) is 5.69 Å². The van der Waals surface area contributed by atoms with E-state index in [0.717, 1.165) is 16.7 Å². The predicted octanol–water partition coefficient (Wildman–Crippen LogP) is 4.28. The lowest BCUT2D eigenvalue weighted by Crippen LogP contribution is -2.29. The Morgan fingerprint density at radius 3 is 2.21 bits per heavy atom.